The molecule has 1 fully saturated rings. The molecule has 202 valence electrons. The highest BCUT2D eigenvalue weighted by atomic mass is 32.1. The number of thiazole rings is 1. The maximum Gasteiger partial charge on any atom is 0.300 e. The van der Waals surface area contributed by atoms with Crippen LogP contribution in [-0.2, 0) is 16.1 Å². The summed E-state index contributed by atoms with van der Waals surface area (Å²) in [6.45, 7) is 6.87. The predicted octanol–water partition coefficient (Wildman–Crippen LogP) is 3.56. The van der Waals surface area contributed by atoms with Gasteiger partial charge in [-0.3, -0.25) is 9.59 Å². The van der Waals surface area contributed by atoms with Gasteiger partial charge in [-0.15, -0.1) is 11.3 Å². The van der Waals surface area contributed by atoms with Crippen molar-refractivity contribution in [3.8, 4) is 11.3 Å². The summed E-state index contributed by atoms with van der Waals surface area (Å²) in [6.07, 6.45) is 3.58. The average Bonchev–Trinajstić information content (AvgIpc) is 3.47. The monoisotopic (exact) mass is 540 g/mol. The third kappa shape index (κ3) is 7.95. The Bertz CT molecular complexity index is 1340. The Labute approximate surface area is 224 Å². The molecule has 13 heteroatoms. The summed E-state index contributed by atoms with van der Waals surface area (Å²) >= 11 is 1.67. The molecule has 0 radical (unpaired) electrons. The van der Waals surface area contributed by atoms with Crippen molar-refractivity contribution in [3.63, 3.8) is 0 Å². The molecular formula is C25H32N8O4S. The average molecular weight is 541 g/mol. The number of piperidine rings is 1. The fourth-order valence-corrected chi connectivity index (χ4v) is 4.54. The van der Waals surface area contributed by atoms with Gasteiger partial charge in [-0.05, 0) is 45.0 Å². The van der Waals surface area contributed by atoms with E-state index in [4.69, 9.17) is 30.6 Å². The fourth-order valence-electron chi connectivity index (χ4n) is 3.93. The number of nitrogens with zero attached hydrogens (tertiary/aromatic N) is 5. The normalized spacial score (nSPS) is 13.1. The number of nitrogens with one attached hydrogen (secondary N) is 2. The molecule has 0 unspecified atom stereocenters. The van der Waals surface area contributed by atoms with Crippen LogP contribution in [0.25, 0.3) is 22.3 Å². The van der Waals surface area contributed by atoms with E-state index in [0.29, 0.717) is 18.4 Å². The summed E-state index contributed by atoms with van der Waals surface area (Å²) in [5.41, 5.74) is 11.0. The first-order valence-corrected chi connectivity index (χ1v) is 12.9. The Kier molecular flexibility index (Phi) is 10.1. The molecule has 0 amide bonds. The number of hydrogen-bond donors (Lipinski definition) is 5. The van der Waals surface area contributed by atoms with E-state index in [2.05, 4.69) is 55.2 Å². The Morgan fingerprint density at radius 1 is 1.13 bits per heavy atom. The van der Waals surface area contributed by atoms with Crippen LogP contribution in [0.5, 0.6) is 0 Å². The molecule has 1 aliphatic heterocycles. The second-order valence-electron chi connectivity index (χ2n) is 8.56. The standard InChI is InChI=1S/C21H24N8S.2C2H4O2/c1-13-27-16(11-30-13)10-24-15-4-2-14(3-5-15)19-18-20(22)25-12-26-21(18)29(28-19)17-6-8-23-9-7-17;2*1-2(3)4/h2-5,11-12,17,23-24H,6-10H2,1H3,(H2,22,25,26);2*1H3,(H,3,4). The van der Waals surface area contributed by atoms with Gasteiger partial charge in [-0.1, -0.05) is 12.1 Å². The molecular weight excluding hydrogens is 508 g/mol. The van der Waals surface area contributed by atoms with E-state index >= 15 is 0 Å². The van der Waals surface area contributed by atoms with Crippen molar-refractivity contribution in [1.29, 1.82) is 0 Å². The first-order valence-electron chi connectivity index (χ1n) is 12.0. The lowest BCUT2D eigenvalue weighted by molar-refractivity contribution is -0.135. The van der Waals surface area contributed by atoms with Crippen molar-refractivity contribution in [1.82, 2.24) is 30.0 Å². The van der Waals surface area contributed by atoms with E-state index in [1.807, 2.05) is 11.6 Å². The summed E-state index contributed by atoms with van der Waals surface area (Å²) in [5, 5.41) is 30.6. The Morgan fingerprint density at radius 3 is 2.34 bits per heavy atom. The number of carbonyl (C=O) groups is 2. The lowest BCUT2D eigenvalue weighted by Crippen LogP contribution is -2.30. The van der Waals surface area contributed by atoms with Crippen LogP contribution in [0.15, 0.2) is 36.0 Å². The van der Waals surface area contributed by atoms with Gasteiger partial charge in [0.05, 0.1) is 28.7 Å². The summed E-state index contributed by atoms with van der Waals surface area (Å²) in [4.78, 5) is 31.2. The number of aliphatic carboxylic acids is 2. The molecule has 0 bridgehead atoms. The number of aryl methyl sites for hydroxylation is 1. The quantitative estimate of drug-likeness (QED) is 0.250. The molecule has 6 N–H and O–H groups in total. The van der Waals surface area contributed by atoms with Gasteiger partial charge in [0, 0.05) is 30.5 Å². The van der Waals surface area contributed by atoms with Crippen LogP contribution in [-0.4, -0.2) is 60.0 Å². The van der Waals surface area contributed by atoms with Crippen molar-refractivity contribution < 1.29 is 19.8 Å². The lowest BCUT2D eigenvalue weighted by atomic mass is 10.1. The molecule has 0 saturated carbocycles. The highest BCUT2D eigenvalue weighted by molar-refractivity contribution is 7.09. The highest BCUT2D eigenvalue weighted by Crippen LogP contribution is 2.33. The number of rotatable bonds is 5. The van der Waals surface area contributed by atoms with Crippen molar-refractivity contribution in [2.24, 2.45) is 0 Å². The third-order valence-corrected chi connectivity index (χ3v) is 6.29. The number of carboxylic acid groups (broad SMARTS) is 2. The van der Waals surface area contributed by atoms with E-state index in [1.54, 1.807) is 11.3 Å². The van der Waals surface area contributed by atoms with E-state index in [-0.39, 0.29) is 0 Å². The second-order valence-corrected chi connectivity index (χ2v) is 9.62. The van der Waals surface area contributed by atoms with Gasteiger partial charge in [-0.25, -0.2) is 19.6 Å². The Hall–Kier alpha value is -4.10. The van der Waals surface area contributed by atoms with Gasteiger partial charge in [0.15, 0.2) is 5.65 Å². The number of anilines is 2. The highest BCUT2D eigenvalue weighted by Gasteiger charge is 2.23. The van der Waals surface area contributed by atoms with Crippen molar-refractivity contribution >= 4 is 45.8 Å². The van der Waals surface area contributed by atoms with Gasteiger partial charge in [0.2, 0.25) is 0 Å². The summed E-state index contributed by atoms with van der Waals surface area (Å²) in [7, 11) is 0. The van der Waals surface area contributed by atoms with Crippen LogP contribution in [0, 0.1) is 6.92 Å². The largest absolute Gasteiger partial charge is 0.481 e. The first kappa shape index (κ1) is 28.5. The van der Waals surface area contributed by atoms with E-state index in [9.17, 15) is 0 Å². The van der Waals surface area contributed by atoms with Gasteiger partial charge < -0.3 is 26.6 Å². The Balaban J connectivity index is 0.000000443. The van der Waals surface area contributed by atoms with Gasteiger partial charge in [0.25, 0.3) is 11.9 Å². The summed E-state index contributed by atoms with van der Waals surface area (Å²) in [6, 6.07) is 8.57. The molecule has 3 aromatic heterocycles. The molecule has 0 spiro atoms. The van der Waals surface area contributed by atoms with Crippen LogP contribution in [0.2, 0.25) is 0 Å². The first-order chi connectivity index (χ1) is 18.2. The van der Waals surface area contributed by atoms with Crippen LogP contribution in [0.4, 0.5) is 11.5 Å². The minimum absolute atomic E-state index is 0.319. The SMILES string of the molecule is CC(=O)O.CC(=O)O.Cc1nc(CNc2ccc(-c3nn(C4CCNCC4)c4ncnc(N)c34)cc2)cs1. The molecule has 0 atom stereocenters. The molecule has 1 saturated heterocycles. The maximum atomic E-state index is 9.00. The number of aromatic nitrogens is 5. The number of benzene rings is 1. The number of nitrogens with two attached hydrogens (primary N) is 1. The number of nitrogen functional groups attached to an aromatic ring is 1. The van der Waals surface area contributed by atoms with E-state index in [1.165, 1.54) is 6.33 Å². The predicted molar refractivity (Wildman–Crippen MR) is 147 cm³/mol. The minimum atomic E-state index is -0.833. The van der Waals surface area contributed by atoms with Gasteiger partial charge >= 0.3 is 0 Å². The third-order valence-electron chi connectivity index (χ3n) is 5.47. The van der Waals surface area contributed by atoms with Crippen LogP contribution < -0.4 is 16.4 Å². The van der Waals surface area contributed by atoms with E-state index < -0.39 is 11.9 Å². The fraction of sp³-hybridized carbons (Fsp3) is 0.360. The minimum Gasteiger partial charge on any atom is -0.481 e. The zero-order valence-electron chi connectivity index (χ0n) is 21.5. The van der Waals surface area contributed by atoms with Gasteiger partial charge in [-0.2, -0.15) is 5.10 Å². The zero-order chi connectivity index (χ0) is 27.7. The number of fused-ring (bicyclic) bond motifs is 1. The molecule has 4 heterocycles. The topological polar surface area (TPSA) is 181 Å². The molecule has 0 aliphatic carbocycles. The smallest absolute Gasteiger partial charge is 0.300 e. The van der Waals surface area contributed by atoms with Crippen molar-refractivity contribution in [2.45, 2.75) is 46.2 Å². The Morgan fingerprint density at radius 2 is 1.76 bits per heavy atom. The van der Waals surface area contributed by atoms with Crippen LogP contribution >= 0.6 is 11.3 Å². The molecule has 1 aromatic carbocycles. The summed E-state index contributed by atoms with van der Waals surface area (Å²) < 4.78 is 2.04. The maximum absolute atomic E-state index is 9.00. The lowest BCUT2D eigenvalue weighted by Gasteiger charge is -2.23. The van der Waals surface area contributed by atoms with Gasteiger partial charge in [0.1, 0.15) is 17.8 Å². The second kappa shape index (κ2) is 13.4. The molecule has 4 aromatic rings. The number of carboxylic acids is 2. The molecule has 12 nitrogen and oxygen atoms in total. The van der Waals surface area contributed by atoms with Crippen molar-refractivity contribution in [3.05, 3.63) is 46.7 Å². The van der Waals surface area contributed by atoms with E-state index in [0.717, 1.165) is 78.5 Å². The summed E-state index contributed by atoms with van der Waals surface area (Å²) in [5.74, 6) is -1.20. The molecule has 38 heavy (non-hydrogen) atoms. The number of hydrogen-bond acceptors (Lipinski definition) is 10. The molecule has 5 rings (SSSR count). The van der Waals surface area contributed by atoms with Crippen LogP contribution in [0.3, 0.4) is 0 Å². The molecule has 1 aliphatic rings. The zero-order valence-corrected chi connectivity index (χ0v) is 22.3. The van der Waals surface area contributed by atoms with Crippen LogP contribution in [0.1, 0.15) is 43.4 Å². The van der Waals surface area contributed by atoms with Crippen molar-refractivity contribution in [2.75, 3.05) is 24.1 Å².